The zero-order valence-corrected chi connectivity index (χ0v) is 18.8. The van der Waals surface area contributed by atoms with Gasteiger partial charge in [0.25, 0.3) is 5.91 Å². The number of para-hydroxylation sites is 1. The number of aryl methyl sites for hydroxylation is 2. The summed E-state index contributed by atoms with van der Waals surface area (Å²) >= 11 is 0. The lowest BCUT2D eigenvalue weighted by Crippen LogP contribution is -2.21. The van der Waals surface area contributed by atoms with Gasteiger partial charge in [0, 0.05) is 36.4 Å². The molecule has 0 bridgehead atoms. The molecule has 2 N–H and O–H groups in total. The van der Waals surface area contributed by atoms with Gasteiger partial charge in [0.15, 0.2) is 0 Å². The summed E-state index contributed by atoms with van der Waals surface area (Å²) in [5.41, 5.74) is 5.91. The fraction of sp³-hybridized carbons (Fsp3) is 0.360. The first-order valence-electron chi connectivity index (χ1n) is 10.5. The van der Waals surface area contributed by atoms with Crippen LogP contribution in [0.1, 0.15) is 50.3 Å². The largest absolute Gasteiger partial charge is 0.372 e. The third-order valence-corrected chi connectivity index (χ3v) is 5.24. The van der Waals surface area contributed by atoms with Crippen LogP contribution in [0.2, 0.25) is 0 Å². The Hall–Kier alpha value is -3.26. The van der Waals surface area contributed by atoms with Crippen LogP contribution in [0.25, 0.3) is 0 Å². The highest BCUT2D eigenvalue weighted by Crippen LogP contribution is 2.28. The molecule has 0 spiro atoms. The molecule has 0 aromatic heterocycles. The third kappa shape index (κ3) is 5.42. The van der Waals surface area contributed by atoms with E-state index in [9.17, 15) is 10.1 Å². The first-order chi connectivity index (χ1) is 14.3. The number of nitrogens with one attached hydrogen (secondary N) is 2. The number of hydrogen-bond donors (Lipinski definition) is 2. The van der Waals surface area contributed by atoms with Crippen molar-refractivity contribution in [1.82, 2.24) is 0 Å². The summed E-state index contributed by atoms with van der Waals surface area (Å²) in [6, 6.07) is 14.1. The maximum Gasteiger partial charge on any atom is 0.267 e. The lowest BCUT2D eigenvalue weighted by atomic mass is 9.98. The Bertz CT molecular complexity index is 966. The number of amides is 1. The number of carbonyl (C=O) groups is 1. The molecular formula is C25H32N4O. The number of hydrogen-bond acceptors (Lipinski definition) is 4. The van der Waals surface area contributed by atoms with Gasteiger partial charge < -0.3 is 15.5 Å². The highest BCUT2D eigenvalue weighted by molar-refractivity contribution is 6.07. The van der Waals surface area contributed by atoms with Crippen LogP contribution in [0, 0.1) is 25.2 Å². The van der Waals surface area contributed by atoms with Crippen LogP contribution in [0.5, 0.6) is 0 Å². The number of nitriles is 1. The molecule has 0 heterocycles. The van der Waals surface area contributed by atoms with Gasteiger partial charge in [-0.25, -0.2) is 0 Å². The van der Waals surface area contributed by atoms with Gasteiger partial charge in [-0.2, -0.15) is 5.26 Å². The minimum Gasteiger partial charge on any atom is -0.372 e. The van der Waals surface area contributed by atoms with Crippen LogP contribution in [0.4, 0.5) is 17.1 Å². The van der Waals surface area contributed by atoms with E-state index in [1.165, 1.54) is 6.20 Å². The quantitative estimate of drug-likeness (QED) is 0.435. The average Bonchev–Trinajstić information content (AvgIpc) is 2.72. The smallest absolute Gasteiger partial charge is 0.267 e. The summed E-state index contributed by atoms with van der Waals surface area (Å²) in [6.07, 6.45) is 1.47. The Balaban J connectivity index is 2.21. The van der Waals surface area contributed by atoms with Gasteiger partial charge in [-0.15, -0.1) is 0 Å². The minimum atomic E-state index is -0.418. The topological polar surface area (TPSA) is 68.2 Å². The lowest BCUT2D eigenvalue weighted by Gasteiger charge is -2.22. The van der Waals surface area contributed by atoms with Crippen molar-refractivity contribution in [3.63, 3.8) is 0 Å². The normalized spacial score (nSPS) is 11.2. The van der Waals surface area contributed by atoms with E-state index in [0.717, 1.165) is 46.8 Å². The fourth-order valence-corrected chi connectivity index (χ4v) is 3.42. The highest BCUT2D eigenvalue weighted by Gasteiger charge is 2.15. The molecule has 2 rings (SSSR count). The molecule has 0 aliphatic heterocycles. The third-order valence-electron chi connectivity index (χ3n) is 5.24. The van der Waals surface area contributed by atoms with E-state index in [0.29, 0.717) is 0 Å². The van der Waals surface area contributed by atoms with Gasteiger partial charge in [0.1, 0.15) is 11.6 Å². The molecule has 0 aliphatic rings. The molecule has 0 radical (unpaired) electrons. The van der Waals surface area contributed by atoms with Crippen molar-refractivity contribution >= 4 is 23.0 Å². The van der Waals surface area contributed by atoms with Crippen molar-refractivity contribution in [2.45, 2.75) is 47.5 Å². The number of anilines is 3. The summed E-state index contributed by atoms with van der Waals surface area (Å²) in [7, 11) is 0. The second-order valence-electron chi connectivity index (χ2n) is 7.63. The maximum absolute atomic E-state index is 12.7. The van der Waals surface area contributed by atoms with Crippen LogP contribution in [-0.4, -0.2) is 19.0 Å². The number of carbonyl (C=O) groups excluding carboxylic acids is 1. The van der Waals surface area contributed by atoms with Crippen molar-refractivity contribution in [3.05, 3.63) is 64.9 Å². The number of rotatable bonds is 8. The molecule has 5 heteroatoms. The Kier molecular flexibility index (Phi) is 8.06. The van der Waals surface area contributed by atoms with Crippen LogP contribution >= 0.6 is 0 Å². The Labute approximate surface area is 180 Å². The predicted octanol–water partition coefficient (Wildman–Crippen LogP) is 5.73. The molecule has 0 aliphatic carbocycles. The molecule has 158 valence electrons. The molecule has 1 amide bonds. The second-order valence-corrected chi connectivity index (χ2v) is 7.63. The molecule has 0 atom stereocenters. The Morgan fingerprint density at radius 2 is 1.83 bits per heavy atom. The maximum atomic E-state index is 12.7. The molecular weight excluding hydrogens is 372 g/mol. The first-order valence-corrected chi connectivity index (χ1v) is 10.5. The van der Waals surface area contributed by atoms with E-state index < -0.39 is 5.91 Å². The lowest BCUT2D eigenvalue weighted by molar-refractivity contribution is -0.112. The minimum absolute atomic E-state index is 0.0279. The summed E-state index contributed by atoms with van der Waals surface area (Å²) in [4.78, 5) is 15.0. The van der Waals surface area contributed by atoms with Crippen molar-refractivity contribution in [3.8, 4) is 6.07 Å². The van der Waals surface area contributed by atoms with Crippen LogP contribution in [0.3, 0.4) is 0 Å². The van der Waals surface area contributed by atoms with E-state index in [2.05, 4.69) is 49.3 Å². The van der Waals surface area contributed by atoms with E-state index >= 15 is 0 Å². The standard InChI is InChI=1S/C25H32N4O/c1-7-29(8-2)21-12-13-23(19(6)14-21)27-16-20(15-26)25(30)28-24-18(5)10-9-11-22(24)17(3)4/h9-14,16-17,27H,7-8H2,1-6H3,(H,28,30)/b20-16-. The average molecular weight is 405 g/mol. The van der Waals surface area contributed by atoms with E-state index in [4.69, 9.17) is 0 Å². The second kappa shape index (κ2) is 10.5. The molecule has 0 fully saturated rings. The molecule has 2 aromatic rings. The fourth-order valence-electron chi connectivity index (χ4n) is 3.42. The molecule has 0 saturated carbocycles. The SMILES string of the molecule is CCN(CC)c1ccc(N/C=C(/C#N)C(=O)Nc2c(C)cccc2C(C)C)c(C)c1. The highest BCUT2D eigenvalue weighted by atomic mass is 16.1. The van der Waals surface area contributed by atoms with Gasteiger partial charge >= 0.3 is 0 Å². The van der Waals surface area contributed by atoms with Crippen molar-refractivity contribution in [2.75, 3.05) is 28.6 Å². The summed E-state index contributed by atoms with van der Waals surface area (Å²) < 4.78 is 0. The predicted molar refractivity (Wildman–Crippen MR) is 126 cm³/mol. The van der Waals surface area contributed by atoms with Gasteiger partial charge in [0.2, 0.25) is 0 Å². The van der Waals surface area contributed by atoms with Crippen molar-refractivity contribution < 1.29 is 4.79 Å². The molecule has 0 saturated heterocycles. The molecule has 0 unspecified atom stereocenters. The summed E-state index contributed by atoms with van der Waals surface area (Å²) in [5, 5.41) is 15.6. The number of nitrogens with zero attached hydrogens (tertiary/aromatic N) is 2. The molecule has 5 nitrogen and oxygen atoms in total. The van der Waals surface area contributed by atoms with Gasteiger partial charge in [-0.05, 0) is 68.5 Å². The van der Waals surface area contributed by atoms with Crippen molar-refractivity contribution in [2.24, 2.45) is 0 Å². The zero-order valence-electron chi connectivity index (χ0n) is 18.8. The van der Waals surface area contributed by atoms with E-state index in [1.807, 2.05) is 50.2 Å². The first kappa shape index (κ1) is 23.0. The van der Waals surface area contributed by atoms with E-state index in [1.54, 1.807) is 0 Å². The molecule has 30 heavy (non-hydrogen) atoms. The molecule has 2 aromatic carbocycles. The zero-order chi connectivity index (χ0) is 22.3. The number of benzene rings is 2. The van der Waals surface area contributed by atoms with Crippen LogP contribution < -0.4 is 15.5 Å². The summed E-state index contributed by atoms with van der Waals surface area (Å²) in [5.74, 6) is -0.154. The van der Waals surface area contributed by atoms with Gasteiger partial charge in [0.05, 0.1) is 0 Å². The van der Waals surface area contributed by atoms with E-state index in [-0.39, 0.29) is 11.5 Å². The van der Waals surface area contributed by atoms with Gasteiger partial charge in [-0.1, -0.05) is 32.0 Å². The van der Waals surface area contributed by atoms with Crippen LogP contribution in [-0.2, 0) is 4.79 Å². The monoisotopic (exact) mass is 404 g/mol. The van der Waals surface area contributed by atoms with Crippen molar-refractivity contribution in [1.29, 1.82) is 5.26 Å². The Morgan fingerprint density at radius 3 is 2.40 bits per heavy atom. The van der Waals surface area contributed by atoms with Crippen LogP contribution in [0.15, 0.2) is 48.2 Å². The Morgan fingerprint density at radius 1 is 1.13 bits per heavy atom. The summed E-state index contributed by atoms with van der Waals surface area (Å²) in [6.45, 7) is 14.3. The van der Waals surface area contributed by atoms with Gasteiger partial charge in [-0.3, -0.25) is 4.79 Å².